The zero-order chi connectivity index (χ0) is 23.8. The van der Waals surface area contributed by atoms with Crippen LogP contribution in [0, 0.1) is 10.1 Å². The van der Waals surface area contributed by atoms with Gasteiger partial charge in [0.2, 0.25) is 10.0 Å². The van der Waals surface area contributed by atoms with E-state index in [2.05, 4.69) is 9.72 Å². The van der Waals surface area contributed by atoms with Crippen molar-refractivity contribution in [2.24, 2.45) is 0 Å². The van der Waals surface area contributed by atoms with Gasteiger partial charge in [-0.05, 0) is 25.1 Å². The number of nitro groups is 1. The number of benzene rings is 1. The number of ether oxygens (including phenoxy) is 1. The summed E-state index contributed by atoms with van der Waals surface area (Å²) in [6.45, 7) is 2.10. The van der Waals surface area contributed by atoms with Gasteiger partial charge in [0.25, 0.3) is 0 Å². The van der Waals surface area contributed by atoms with E-state index in [4.69, 9.17) is 0 Å². The number of nitrogens with zero attached hydrogens (tertiary/aromatic N) is 5. The lowest BCUT2D eigenvalue weighted by Crippen LogP contribution is -2.25. The van der Waals surface area contributed by atoms with Crippen LogP contribution in [0.3, 0.4) is 0 Å². The second-order valence-corrected chi connectivity index (χ2v) is 9.16. The van der Waals surface area contributed by atoms with Gasteiger partial charge in [-0.1, -0.05) is 0 Å². The van der Waals surface area contributed by atoms with Crippen molar-refractivity contribution in [2.75, 3.05) is 21.2 Å². The van der Waals surface area contributed by atoms with Gasteiger partial charge in [-0.25, -0.2) is 22.5 Å². The number of methoxy groups -OCH3 is 1. The topological polar surface area (TPSA) is 147 Å². The Bertz CT molecular complexity index is 1390. The maximum Gasteiger partial charge on any atom is 0.339 e. The predicted octanol–water partition coefficient (Wildman–Crippen LogP) is 1.21. The molecule has 0 radical (unpaired) electrons. The predicted molar refractivity (Wildman–Crippen MR) is 114 cm³/mol. The Hall–Kier alpha value is -3.58. The molecule has 0 amide bonds. The molecule has 0 N–H and O–H groups in total. The van der Waals surface area contributed by atoms with Gasteiger partial charge in [-0.15, -0.1) is 0 Å². The van der Waals surface area contributed by atoms with E-state index in [1.807, 2.05) is 6.92 Å². The van der Waals surface area contributed by atoms with Crippen LogP contribution in [0.4, 0.5) is 5.69 Å². The molecule has 0 atom stereocenters. The highest BCUT2D eigenvalue weighted by atomic mass is 32.2. The molecule has 3 rings (SSSR count). The summed E-state index contributed by atoms with van der Waals surface area (Å²) >= 11 is 0. The third-order valence-corrected chi connectivity index (χ3v) is 6.70. The van der Waals surface area contributed by atoms with Crippen LogP contribution in [-0.2, 0) is 27.8 Å². The minimum absolute atomic E-state index is 0.0581. The molecule has 1 aromatic carbocycles. The summed E-state index contributed by atoms with van der Waals surface area (Å²) in [4.78, 5) is 39.5. The van der Waals surface area contributed by atoms with E-state index >= 15 is 0 Å². The molecule has 0 fully saturated rings. The number of fused-ring (bicyclic) bond motifs is 1. The zero-order valence-corrected chi connectivity index (χ0v) is 18.6. The molecule has 0 saturated heterocycles. The number of aromatic nitrogens is 3. The number of hydrogen-bond donors (Lipinski definition) is 0. The second-order valence-electron chi connectivity index (χ2n) is 7.01. The Kier molecular flexibility index (Phi) is 6.14. The minimum atomic E-state index is -3.67. The summed E-state index contributed by atoms with van der Waals surface area (Å²) in [5, 5.41) is 11.3. The molecule has 3 aromatic rings. The molecule has 0 bridgehead atoms. The fraction of sp³-hybridized carbons (Fsp3) is 0.316. The lowest BCUT2D eigenvalue weighted by molar-refractivity contribution is -0.386. The summed E-state index contributed by atoms with van der Waals surface area (Å²) in [6, 6.07) is 5.37. The largest absolute Gasteiger partial charge is 0.465 e. The normalized spacial score (nSPS) is 11.8. The van der Waals surface area contributed by atoms with Gasteiger partial charge in [-0.3, -0.25) is 14.9 Å². The Labute approximate surface area is 182 Å². The van der Waals surface area contributed by atoms with Crippen LogP contribution in [0.25, 0.3) is 11.0 Å². The maximum atomic E-state index is 12.6. The number of imidazole rings is 1. The number of sulfonamides is 1. The molecule has 2 heterocycles. The van der Waals surface area contributed by atoms with Crippen LogP contribution in [-0.4, -0.2) is 58.9 Å². The number of carbonyl (C=O) groups excluding carboxylic acids is 1. The summed E-state index contributed by atoms with van der Waals surface area (Å²) in [7, 11) is 0.289. The van der Waals surface area contributed by atoms with E-state index in [-0.39, 0.29) is 17.0 Å². The minimum Gasteiger partial charge on any atom is -0.465 e. The van der Waals surface area contributed by atoms with E-state index in [1.165, 1.54) is 32.4 Å². The van der Waals surface area contributed by atoms with Crippen LogP contribution in [0.2, 0.25) is 0 Å². The van der Waals surface area contributed by atoms with Gasteiger partial charge in [-0.2, -0.15) is 0 Å². The van der Waals surface area contributed by atoms with Crippen molar-refractivity contribution in [3.63, 3.8) is 0 Å². The Morgan fingerprint density at radius 3 is 2.53 bits per heavy atom. The Morgan fingerprint density at radius 1 is 1.28 bits per heavy atom. The quantitative estimate of drug-likeness (QED) is 0.289. The molecule has 12 nitrogen and oxygen atoms in total. The molecule has 0 saturated carbocycles. The van der Waals surface area contributed by atoms with Gasteiger partial charge >= 0.3 is 17.2 Å². The molecule has 170 valence electrons. The van der Waals surface area contributed by atoms with Crippen molar-refractivity contribution in [3.05, 3.63) is 62.3 Å². The molecule has 0 aliphatic rings. The highest BCUT2D eigenvalue weighted by Gasteiger charge is 2.23. The van der Waals surface area contributed by atoms with Gasteiger partial charge in [0.15, 0.2) is 0 Å². The average molecular weight is 463 g/mol. The average Bonchev–Trinajstić information content (AvgIpc) is 3.10. The second kappa shape index (κ2) is 8.51. The van der Waals surface area contributed by atoms with E-state index in [9.17, 15) is 28.1 Å². The van der Waals surface area contributed by atoms with E-state index in [0.29, 0.717) is 23.4 Å². The van der Waals surface area contributed by atoms with Crippen molar-refractivity contribution in [1.82, 2.24) is 18.4 Å². The number of hydrogen-bond acceptors (Lipinski definition) is 8. The van der Waals surface area contributed by atoms with Crippen LogP contribution in [0.15, 0.2) is 40.2 Å². The van der Waals surface area contributed by atoms with Crippen molar-refractivity contribution >= 4 is 32.7 Å². The molecule has 0 spiro atoms. The first-order chi connectivity index (χ1) is 15.0. The van der Waals surface area contributed by atoms with Gasteiger partial charge in [0.05, 0.1) is 40.1 Å². The lowest BCUT2D eigenvalue weighted by Gasteiger charge is -2.11. The van der Waals surface area contributed by atoms with Crippen LogP contribution in [0.1, 0.15) is 23.1 Å². The van der Waals surface area contributed by atoms with Crippen molar-refractivity contribution < 1.29 is 22.9 Å². The van der Waals surface area contributed by atoms with Gasteiger partial charge < -0.3 is 13.9 Å². The number of pyridine rings is 1. The van der Waals surface area contributed by atoms with Crippen molar-refractivity contribution in [2.45, 2.75) is 24.9 Å². The number of aryl methyl sites for hydroxylation is 1. The molecule has 0 unspecified atom stereocenters. The van der Waals surface area contributed by atoms with Gasteiger partial charge in [0.1, 0.15) is 5.82 Å². The summed E-state index contributed by atoms with van der Waals surface area (Å²) < 4.78 is 33.3. The number of carbonyl (C=O) groups is 1. The summed E-state index contributed by atoms with van der Waals surface area (Å²) in [5.74, 6) is -0.468. The summed E-state index contributed by atoms with van der Waals surface area (Å²) in [5.41, 5.74) is -0.819. The Morgan fingerprint density at radius 2 is 1.97 bits per heavy atom. The number of esters is 1. The fourth-order valence-corrected chi connectivity index (χ4v) is 4.18. The first kappa shape index (κ1) is 23.1. The van der Waals surface area contributed by atoms with E-state index in [0.717, 1.165) is 22.0 Å². The van der Waals surface area contributed by atoms with Crippen LogP contribution < -0.4 is 5.56 Å². The van der Waals surface area contributed by atoms with E-state index in [1.54, 1.807) is 10.6 Å². The standard InChI is InChI=1S/C19H21N5O7S/c1-5-23-15-7-6-13(32(29,30)21(2)3)9-14(15)20-17(23)11-22-10-12(19(26)31-4)8-16(18(22)25)24(27)28/h6-10H,5,11H2,1-4H3. The van der Waals surface area contributed by atoms with Gasteiger partial charge in [0, 0.05) is 32.9 Å². The number of rotatable bonds is 7. The highest BCUT2D eigenvalue weighted by Crippen LogP contribution is 2.23. The van der Waals surface area contributed by atoms with Crippen molar-refractivity contribution in [1.29, 1.82) is 0 Å². The monoisotopic (exact) mass is 463 g/mol. The first-order valence-electron chi connectivity index (χ1n) is 9.40. The van der Waals surface area contributed by atoms with E-state index < -0.39 is 32.2 Å². The molecule has 2 aromatic heterocycles. The molecule has 13 heteroatoms. The smallest absolute Gasteiger partial charge is 0.339 e. The molecular formula is C19H21N5O7S. The lowest BCUT2D eigenvalue weighted by atomic mass is 10.2. The maximum absolute atomic E-state index is 12.6. The SMILES string of the molecule is CCn1c(Cn2cc(C(=O)OC)cc([N+](=O)[O-])c2=O)nc2cc(S(=O)(=O)N(C)C)ccc21. The van der Waals surface area contributed by atoms with Crippen molar-refractivity contribution in [3.8, 4) is 0 Å². The third kappa shape index (κ3) is 3.99. The fourth-order valence-electron chi connectivity index (χ4n) is 3.25. The first-order valence-corrected chi connectivity index (χ1v) is 10.8. The summed E-state index contributed by atoms with van der Waals surface area (Å²) in [6.07, 6.45) is 1.17. The highest BCUT2D eigenvalue weighted by molar-refractivity contribution is 7.89. The zero-order valence-electron chi connectivity index (χ0n) is 17.8. The van der Waals surface area contributed by atoms with Crippen LogP contribution >= 0.6 is 0 Å². The molecular weight excluding hydrogens is 442 g/mol. The molecule has 32 heavy (non-hydrogen) atoms. The van der Waals surface area contributed by atoms with Crippen LogP contribution in [0.5, 0.6) is 0 Å². The third-order valence-electron chi connectivity index (χ3n) is 4.89. The Balaban J connectivity index is 2.17. The molecule has 0 aliphatic carbocycles. The molecule has 0 aliphatic heterocycles.